The first-order valence-corrected chi connectivity index (χ1v) is 17.8. The molecule has 0 bridgehead atoms. The average molecular weight is 655 g/mol. The molecular formula is C49H38N2. The van der Waals surface area contributed by atoms with Gasteiger partial charge in [0.05, 0.1) is 11.7 Å². The van der Waals surface area contributed by atoms with E-state index in [1.807, 2.05) is 0 Å². The van der Waals surface area contributed by atoms with Crippen LogP contribution >= 0.6 is 0 Å². The first-order chi connectivity index (χ1) is 25.2. The summed E-state index contributed by atoms with van der Waals surface area (Å²) in [6.45, 7) is 2.33. The van der Waals surface area contributed by atoms with Crippen molar-refractivity contribution in [2.45, 2.75) is 13.0 Å². The molecule has 1 aliphatic rings. The van der Waals surface area contributed by atoms with Gasteiger partial charge < -0.3 is 9.80 Å². The van der Waals surface area contributed by atoms with E-state index in [1.54, 1.807) is 0 Å². The van der Waals surface area contributed by atoms with Gasteiger partial charge in [-0.05, 0) is 98.2 Å². The number of rotatable bonds is 7. The number of hydrogen-bond acceptors (Lipinski definition) is 2. The third-order valence-electron chi connectivity index (χ3n) is 10.3. The van der Waals surface area contributed by atoms with Gasteiger partial charge in [0.15, 0.2) is 0 Å². The van der Waals surface area contributed by atoms with Gasteiger partial charge in [-0.3, -0.25) is 0 Å². The van der Waals surface area contributed by atoms with Crippen molar-refractivity contribution in [2.75, 3.05) is 9.80 Å². The van der Waals surface area contributed by atoms with Crippen LogP contribution in [0.3, 0.4) is 0 Å². The van der Waals surface area contributed by atoms with Crippen LogP contribution < -0.4 is 20.2 Å². The normalized spacial score (nSPS) is 15.1. The molecule has 2 atom stereocenters. The first-order valence-electron chi connectivity index (χ1n) is 17.8. The van der Waals surface area contributed by atoms with Crippen LogP contribution in [-0.4, -0.2) is 6.04 Å². The highest BCUT2D eigenvalue weighted by atomic mass is 15.2. The Morgan fingerprint density at radius 2 is 0.941 bits per heavy atom. The topological polar surface area (TPSA) is 6.48 Å². The zero-order valence-electron chi connectivity index (χ0n) is 28.6. The molecule has 2 nitrogen and oxygen atoms in total. The summed E-state index contributed by atoms with van der Waals surface area (Å²) in [4.78, 5) is 4.87. The molecule has 0 saturated carbocycles. The maximum Gasteiger partial charge on any atom is 0.0591 e. The lowest BCUT2D eigenvalue weighted by molar-refractivity contribution is 0.661. The predicted molar refractivity (Wildman–Crippen MR) is 218 cm³/mol. The molecule has 244 valence electrons. The highest BCUT2D eigenvalue weighted by molar-refractivity contribution is 5.99. The van der Waals surface area contributed by atoms with Crippen molar-refractivity contribution in [3.63, 3.8) is 0 Å². The van der Waals surface area contributed by atoms with Crippen LogP contribution in [0.1, 0.15) is 6.92 Å². The Morgan fingerprint density at radius 1 is 0.392 bits per heavy atom. The number of fused-ring (bicyclic) bond motifs is 3. The van der Waals surface area contributed by atoms with E-state index in [0.717, 1.165) is 11.4 Å². The lowest BCUT2D eigenvalue weighted by atomic mass is 9.91. The van der Waals surface area contributed by atoms with E-state index in [9.17, 15) is 0 Å². The van der Waals surface area contributed by atoms with Crippen molar-refractivity contribution in [3.8, 4) is 11.1 Å². The number of para-hydroxylation sites is 1. The van der Waals surface area contributed by atoms with Crippen molar-refractivity contribution in [1.82, 2.24) is 0 Å². The van der Waals surface area contributed by atoms with Gasteiger partial charge in [0.1, 0.15) is 0 Å². The molecule has 9 rings (SSSR count). The van der Waals surface area contributed by atoms with Crippen LogP contribution in [0.4, 0.5) is 28.4 Å². The van der Waals surface area contributed by atoms with Crippen molar-refractivity contribution < 1.29 is 0 Å². The molecule has 0 heterocycles. The smallest absolute Gasteiger partial charge is 0.0591 e. The zero-order chi connectivity index (χ0) is 34.1. The number of benzene rings is 8. The third kappa shape index (κ3) is 5.85. The summed E-state index contributed by atoms with van der Waals surface area (Å²) in [5.74, 6) is 0.327. The van der Waals surface area contributed by atoms with Crippen LogP contribution in [0.15, 0.2) is 188 Å². The molecule has 51 heavy (non-hydrogen) atoms. The molecule has 0 aliphatic heterocycles. The predicted octanol–water partition coefficient (Wildman–Crippen LogP) is 11.5. The molecule has 0 fully saturated rings. The summed E-state index contributed by atoms with van der Waals surface area (Å²) in [7, 11) is 0. The highest BCUT2D eigenvalue weighted by Gasteiger charge is 2.25. The van der Waals surface area contributed by atoms with Crippen molar-refractivity contribution in [1.29, 1.82) is 0 Å². The molecular weight excluding hydrogens is 617 g/mol. The van der Waals surface area contributed by atoms with E-state index in [2.05, 4.69) is 217 Å². The van der Waals surface area contributed by atoms with Gasteiger partial charge in [0.25, 0.3) is 0 Å². The van der Waals surface area contributed by atoms with Gasteiger partial charge in [0, 0.05) is 28.1 Å². The molecule has 8 aromatic carbocycles. The fraction of sp³-hybridized carbons (Fsp3) is 0.0612. The Labute approximate surface area is 299 Å². The summed E-state index contributed by atoms with van der Waals surface area (Å²) in [6, 6.07) is 68.2. The van der Waals surface area contributed by atoms with Gasteiger partial charge in [-0.15, -0.1) is 0 Å². The van der Waals surface area contributed by atoms with E-state index in [4.69, 9.17) is 0 Å². The Bertz CT molecular complexity index is 2600. The highest BCUT2D eigenvalue weighted by Crippen LogP contribution is 2.40. The second-order valence-corrected chi connectivity index (χ2v) is 13.5. The minimum Gasteiger partial charge on any atom is -0.334 e. The van der Waals surface area contributed by atoms with Crippen LogP contribution in [-0.2, 0) is 0 Å². The fourth-order valence-electron chi connectivity index (χ4n) is 7.69. The van der Waals surface area contributed by atoms with Crippen LogP contribution in [0.2, 0.25) is 0 Å². The molecule has 1 aliphatic carbocycles. The number of nitrogens with zero attached hydrogens (tertiary/aromatic N) is 2. The van der Waals surface area contributed by atoms with Crippen LogP contribution in [0.25, 0.3) is 44.8 Å². The van der Waals surface area contributed by atoms with E-state index in [1.165, 1.54) is 60.2 Å². The second-order valence-electron chi connectivity index (χ2n) is 13.5. The maximum atomic E-state index is 2.51. The van der Waals surface area contributed by atoms with Crippen molar-refractivity contribution in [3.05, 3.63) is 198 Å². The van der Waals surface area contributed by atoms with Crippen molar-refractivity contribution in [2.24, 2.45) is 5.92 Å². The van der Waals surface area contributed by atoms with Crippen LogP contribution in [0, 0.1) is 5.92 Å². The SMILES string of the molecule is CC1C=c2ccccc2=CC1N(c1ccc(-c2ccc(N(c3ccccc3)c3cccc4ccccc34)cc2)cc1)c1ccc2ccccc2c1. The molecule has 2 heteroatoms. The average Bonchev–Trinajstić information content (AvgIpc) is 3.19. The molecule has 0 spiro atoms. The van der Waals surface area contributed by atoms with Gasteiger partial charge in [-0.25, -0.2) is 0 Å². The number of anilines is 5. The van der Waals surface area contributed by atoms with Gasteiger partial charge in [-0.2, -0.15) is 0 Å². The fourth-order valence-corrected chi connectivity index (χ4v) is 7.69. The molecule has 2 unspecified atom stereocenters. The zero-order valence-corrected chi connectivity index (χ0v) is 28.6. The molecule has 0 saturated heterocycles. The van der Waals surface area contributed by atoms with Crippen molar-refractivity contribution >= 4 is 62.1 Å². The Hall–Kier alpha value is -6.38. The lowest BCUT2D eigenvalue weighted by Crippen LogP contribution is -2.42. The summed E-state index contributed by atoms with van der Waals surface area (Å²) in [6.07, 6.45) is 4.86. The van der Waals surface area contributed by atoms with E-state index in [-0.39, 0.29) is 6.04 Å². The third-order valence-corrected chi connectivity index (χ3v) is 10.3. The first kappa shape index (κ1) is 30.7. The summed E-state index contributed by atoms with van der Waals surface area (Å²) < 4.78 is 0. The maximum absolute atomic E-state index is 2.51. The largest absolute Gasteiger partial charge is 0.334 e. The minimum absolute atomic E-state index is 0.171. The Balaban J connectivity index is 1.08. The molecule has 0 N–H and O–H groups in total. The summed E-state index contributed by atoms with van der Waals surface area (Å²) in [5, 5.41) is 7.56. The Morgan fingerprint density at radius 3 is 1.69 bits per heavy atom. The second kappa shape index (κ2) is 13.2. The van der Waals surface area contributed by atoms with E-state index in [0.29, 0.717) is 5.92 Å². The molecule has 0 aromatic heterocycles. The Kier molecular flexibility index (Phi) is 7.91. The van der Waals surface area contributed by atoms with Gasteiger partial charge >= 0.3 is 0 Å². The molecule has 0 amide bonds. The van der Waals surface area contributed by atoms with E-state index < -0.39 is 0 Å². The summed E-state index contributed by atoms with van der Waals surface area (Å²) >= 11 is 0. The summed E-state index contributed by atoms with van der Waals surface area (Å²) in [5.41, 5.74) is 8.18. The van der Waals surface area contributed by atoms with E-state index >= 15 is 0 Å². The van der Waals surface area contributed by atoms with Crippen LogP contribution in [0.5, 0.6) is 0 Å². The van der Waals surface area contributed by atoms with Gasteiger partial charge in [-0.1, -0.05) is 153 Å². The molecule has 0 radical (unpaired) electrons. The minimum atomic E-state index is 0.171. The standard InChI is InChI=1S/C49H38N2/c1-35-32-40-14-7-8-16-42(40)34-49(35)51(46-31-26-36-12-5-6-15-41(36)33-46)45-29-24-38(25-30-45)37-22-27-44(28-23-37)50(43-18-3-2-4-19-43)48-21-11-17-39-13-9-10-20-47(39)48/h2-35,49H,1H3. The van der Waals surface area contributed by atoms with Gasteiger partial charge in [0.2, 0.25) is 0 Å². The monoisotopic (exact) mass is 654 g/mol. The lowest BCUT2D eigenvalue weighted by Gasteiger charge is -2.36. The quantitative estimate of drug-likeness (QED) is 0.169. The molecule has 8 aromatic rings. The number of hydrogen-bond donors (Lipinski definition) is 0.